The monoisotopic (exact) mass is 307 g/mol. The van der Waals surface area contributed by atoms with Gasteiger partial charge < -0.3 is 14.7 Å². The van der Waals surface area contributed by atoms with Crippen molar-refractivity contribution in [2.75, 3.05) is 6.61 Å². The summed E-state index contributed by atoms with van der Waals surface area (Å²) < 4.78 is 26.7. The summed E-state index contributed by atoms with van der Waals surface area (Å²) in [6.45, 7) is -0.777. The fourth-order valence-corrected chi connectivity index (χ4v) is 3.65. The second kappa shape index (κ2) is 4.67. The second-order valence-corrected chi connectivity index (χ2v) is 5.53. The molecule has 2 rings (SSSR count). The summed E-state index contributed by atoms with van der Waals surface area (Å²) in [6.07, 6.45) is -1.38. The van der Waals surface area contributed by atoms with E-state index < -0.39 is 37.9 Å². The summed E-state index contributed by atoms with van der Waals surface area (Å²) >= 11 is 5.33. The minimum Gasteiger partial charge on any atom is -0.393 e. The lowest BCUT2D eigenvalue weighted by molar-refractivity contribution is -0.0877. The van der Waals surface area contributed by atoms with Gasteiger partial charge in [0, 0.05) is 10.3 Å². The van der Waals surface area contributed by atoms with Crippen LogP contribution in [0.3, 0.4) is 0 Å². The molecule has 0 aromatic carbocycles. The number of phosphoric acid groups is 1. The summed E-state index contributed by atoms with van der Waals surface area (Å²) in [5.41, 5.74) is 4.96. The van der Waals surface area contributed by atoms with Crippen LogP contribution in [0.4, 0.5) is 0 Å². The summed E-state index contributed by atoms with van der Waals surface area (Å²) in [4.78, 5) is 12.0. The highest BCUT2D eigenvalue weighted by molar-refractivity contribution is 7.47. The van der Waals surface area contributed by atoms with Gasteiger partial charge in [0.2, 0.25) is 0 Å². The smallest absolute Gasteiger partial charge is 0.393 e. The van der Waals surface area contributed by atoms with Crippen LogP contribution in [0.15, 0.2) is 5.11 Å². The molecular weight excluding hydrogens is 299 g/mol. The van der Waals surface area contributed by atoms with Crippen LogP contribution in [0.5, 0.6) is 0 Å². The lowest BCUT2D eigenvalue weighted by atomic mass is 9.80. The number of azide groups is 1. The maximum absolute atomic E-state index is 11.6. The first-order valence-corrected chi connectivity index (χ1v) is 6.93. The molecule has 3 unspecified atom stereocenters. The minimum atomic E-state index is -4.41. The van der Waals surface area contributed by atoms with E-state index in [-0.39, 0.29) is 0 Å². The van der Waals surface area contributed by atoms with Gasteiger partial charge in [-0.3, -0.25) is 9.05 Å². The molecule has 0 saturated carbocycles. The molecule has 9 nitrogen and oxygen atoms in total. The van der Waals surface area contributed by atoms with Gasteiger partial charge in [-0.1, -0.05) is 5.11 Å². The predicted molar refractivity (Wildman–Crippen MR) is 64.5 cm³/mol. The van der Waals surface area contributed by atoms with E-state index in [0.29, 0.717) is 0 Å². The van der Waals surface area contributed by atoms with E-state index in [2.05, 4.69) is 15.9 Å². The molecule has 0 aliphatic carbocycles. The van der Waals surface area contributed by atoms with E-state index in [4.69, 9.17) is 30.9 Å². The largest absolute Gasteiger partial charge is 0.474 e. The zero-order valence-electron chi connectivity index (χ0n) is 9.56. The van der Waals surface area contributed by atoms with Gasteiger partial charge in [-0.05, 0) is 23.1 Å². The lowest BCUT2D eigenvalue weighted by Crippen LogP contribution is -2.49. The van der Waals surface area contributed by atoms with Crippen molar-refractivity contribution >= 4 is 27.3 Å². The van der Waals surface area contributed by atoms with Crippen molar-refractivity contribution in [3.05, 3.63) is 10.4 Å². The van der Waals surface area contributed by atoms with Crippen LogP contribution in [0.1, 0.15) is 0 Å². The van der Waals surface area contributed by atoms with Gasteiger partial charge in [-0.15, -0.1) is 0 Å². The second-order valence-electron chi connectivity index (χ2n) is 4.01. The lowest BCUT2D eigenvalue weighted by Gasteiger charge is -2.25. The Labute approximate surface area is 113 Å². The van der Waals surface area contributed by atoms with Gasteiger partial charge in [0.1, 0.15) is 14.0 Å². The molecule has 0 spiro atoms. The zero-order chi connectivity index (χ0) is 14.3. The molecule has 12 heteroatoms. The number of aliphatic hydroxyl groups excluding tert-OH is 1. The number of rotatable bonds is 2. The van der Waals surface area contributed by atoms with Crippen LogP contribution < -0.4 is 0 Å². The normalized spacial score (nSPS) is 47.9. The third-order valence-electron chi connectivity index (χ3n) is 2.97. The van der Waals surface area contributed by atoms with Crippen molar-refractivity contribution in [3.63, 3.8) is 0 Å². The number of nitrogens with zero attached hydrogens (tertiary/aromatic N) is 3. The highest BCUT2D eigenvalue weighted by atomic mass is 35.5. The van der Waals surface area contributed by atoms with E-state index >= 15 is 0 Å². The molecule has 0 amide bonds. The average Bonchev–Trinajstić information content (AvgIpc) is 2.71. The Kier molecular flexibility index (Phi) is 3.60. The maximum Gasteiger partial charge on any atom is 0.474 e. The average molecular weight is 307 g/mol. The van der Waals surface area contributed by atoms with E-state index in [1.54, 1.807) is 0 Å². The Morgan fingerprint density at radius 2 is 2.37 bits per heavy atom. The topological polar surface area (TPSA) is 134 Å². The molecular formula is C7H8BClN3O6P. The van der Waals surface area contributed by atoms with Crippen molar-refractivity contribution in [1.29, 1.82) is 0 Å². The number of fused-ring (bicyclic) bond motifs is 1. The highest BCUT2D eigenvalue weighted by Gasteiger charge is 2.71. The number of hydrogen-bond acceptors (Lipinski definition) is 6. The molecule has 0 aromatic rings. The van der Waals surface area contributed by atoms with Gasteiger partial charge in [0.05, 0.1) is 12.6 Å². The SMILES string of the molecule is B[C@@H]1O[C@@](CO)(N=[N+]=[N-])C2OP(=O)(O)OC21C#CCl. The summed E-state index contributed by atoms with van der Waals surface area (Å²) in [6, 6.07) is -0.913. The molecule has 2 heterocycles. The third kappa shape index (κ3) is 2.05. The van der Waals surface area contributed by atoms with Crippen molar-refractivity contribution in [2.24, 2.45) is 5.11 Å². The molecule has 102 valence electrons. The van der Waals surface area contributed by atoms with Crippen molar-refractivity contribution < 1.29 is 28.3 Å². The van der Waals surface area contributed by atoms with E-state index in [9.17, 15) is 14.6 Å². The molecule has 2 aliphatic heterocycles. The molecule has 5 atom stereocenters. The Morgan fingerprint density at radius 1 is 1.68 bits per heavy atom. The number of phosphoric ester groups is 1. The van der Waals surface area contributed by atoms with Gasteiger partial charge >= 0.3 is 7.82 Å². The van der Waals surface area contributed by atoms with E-state index in [1.807, 2.05) is 5.38 Å². The van der Waals surface area contributed by atoms with Crippen LogP contribution >= 0.6 is 19.4 Å². The predicted octanol–water partition coefficient (Wildman–Crippen LogP) is -0.571. The van der Waals surface area contributed by atoms with Crippen LogP contribution in [0, 0.1) is 11.3 Å². The number of ether oxygens (including phenoxy) is 1. The molecule has 19 heavy (non-hydrogen) atoms. The zero-order valence-corrected chi connectivity index (χ0v) is 11.2. The maximum atomic E-state index is 11.6. The molecule has 2 N–H and O–H groups in total. The molecule has 2 fully saturated rings. The van der Waals surface area contributed by atoms with Gasteiger partial charge in [-0.25, -0.2) is 4.57 Å². The Bertz CT molecular complexity index is 561. The van der Waals surface area contributed by atoms with Crippen molar-refractivity contribution in [1.82, 2.24) is 0 Å². The van der Waals surface area contributed by atoms with Gasteiger partial charge in [0.25, 0.3) is 0 Å². The number of aliphatic hydroxyl groups is 1. The molecule has 2 saturated heterocycles. The van der Waals surface area contributed by atoms with E-state index in [0.717, 1.165) is 0 Å². The Morgan fingerprint density at radius 3 is 2.89 bits per heavy atom. The van der Waals surface area contributed by atoms with Crippen LogP contribution in [-0.2, 0) is 18.3 Å². The first kappa shape index (κ1) is 14.7. The first-order chi connectivity index (χ1) is 8.86. The minimum absolute atomic E-state index is 0.777. The summed E-state index contributed by atoms with van der Waals surface area (Å²) in [5, 5.41) is 14.7. The highest BCUT2D eigenvalue weighted by Crippen LogP contribution is 2.63. The quantitative estimate of drug-likeness (QED) is 0.175. The molecule has 0 radical (unpaired) electrons. The standard InChI is InChI=1S/C7H8BClN3O6P/c8-5-6(1-2-9)4(17-19(14,15)18-6)7(3-13,16-5)11-12-10/h4-5,13H,3,8H2,(H,14,15)/t4?,5-,6?,7-/m1/s1. The number of hydrogen-bond donors (Lipinski definition) is 2. The van der Waals surface area contributed by atoms with Gasteiger partial charge in [0.15, 0.2) is 11.3 Å². The first-order valence-electron chi connectivity index (χ1n) is 5.05. The molecule has 2 aliphatic rings. The van der Waals surface area contributed by atoms with Crippen LogP contribution in [0.2, 0.25) is 0 Å². The fourth-order valence-electron chi connectivity index (χ4n) is 2.20. The number of halogens is 1. The Hall–Kier alpha value is -0.745. The molecule has 0 bridgehead atoms. The summed E-state index contributed by atoms with van der Waals surface area (Å²) in [7, 11) is -2.94. The summed E-state index contributed by atoms with van der Waals surface area (Å²) in [5.74, 6) is 2.39. The molecule has 0 aromatic heterocycles. The van der Waals surface area contributed by atoms with Crippen LogP contribution in [0.25, 0.3) is 10.4 Å². The fraction of sp³-hybridized carbons (Fsp3) is 0.714. The van der Waals surface area contributed by atoms with E-state index in [1.165, 1.54) is 7.85 Å². The van der Waals surface area contributed by atoms with Crippen molar-refractivity contribution in [3.8, 4) is 11.3 Å². The Balaban J connectivity index is 2.60. The third-order valence-corrected chi connectivity index (χ3v) is 4.08. The van der Waals surface area contributed by atoms with Crippen LogP contribution in [-0.4, -0.2) is 47.9 Å². The van der Waals surface area contributed by atoms with Crippen molar-refractivity contribution in [2.45, 2.75) is 23.4 Å². The van der Waals surface area contributed by atoms with Gasteiger partial charge in [-0.2, -0.15) is 0 Å².